The molecule has 0 spiro atoms. The molecule has 0 saturated carbocycles. The Hall–Kier alpha value is -1.63. The lowest BCUT2D eigenvalue weighted by Crippen LogP contribution is -2.28. The van der Waals surface area contributed by atoms with Crippen LogP contribution in [0.15, 0.2) is 12.4 Å². The van der Waals surface area contributed by atoms with Crippen molar-refractivity contribution >= 4 is 5.82 Å². The second kappa shape index (κ2) is 3.85. The minimum absolute atomic E-state index is 0.429. The topological polar surface area (TPSA) is 52.8 Å². The van der Waals surface area contributed by atoms with Crippen LogP contribution < -0.4 is 4.90 Å². The van der Waals surface area contributed by atoms with E-state index >= 15 is 0 Å². The molecule has 0 aliphatic carbocycles. The van der Waals surface area contributed by atoms with Crippen molar-refractivity contribution in [3.05, 3.63) is 18.1 Å². The van der Waals surface area contributed by atoms with Crippen LogP contribution in [0.1, 0.15) is 26.0 Å². The number of anilines is 1. The summed E-state index contributed by atoms with van der Waals surface area (Å²) in [4.78, 5) is 10.5. The van der Waals surface area contributed by atoms with E-state index in [1.165, 1.54) is 0 Å². The summed E-state index contributed by atoms with van der Waals surface area (Å²) in [7, 11) is 0. The number of aromatic nitrogens is 2. The van der Waals surface area contributed by atoms with Crippen molar-refractivity contribution < 1.29 is 0 Å². The number of hydrogen-bond donors (Lipinski definition) is 0. The van der Waals surface area contributed by atoms with E-state index in [-0.39, 0.29) is 0 Å². The van der Waals surface area contributed by atoms with Crippen molar-refractivity contribution in [1.82, 2.24) is 9.97 Å². The number of hydrogen-bond acceptors (Lipinski definition) is 4. The van der Waals surface area contributed by atoms with Crippen molar-refractivity contribution in [3.63, 3.8) is 0 Å². The van der Waals surface area contributed by atoms with Crippen molar-refractivity contribution in [1.29, 1.82) is 5.26 Å². The highest BCUT2D eigenvalue weighted by Gasteiger charge is 2.28. The van der Waals surface area contributed by atoms with Crippen LogP contribution in [-0.4, -0.2) is 22.6 Å². The van der Waals surface area contributed by atoms with E-state index in [9.17, 15) is 0 Å². The third-order valence-corrected chi connectivity index (χ3v) is 2.84. The molecular weight excluding hydrogens is 188 g/mol. The Morgan fingerprint density at radius 1 is 1.40 bits per heavy atom. The van der Waals surface area contributed by atoms with E-state index in [0.29, 0.717) is 17.7 Å². The molecule has 78 valence electrons. The Morgan fingerprint density at radius 2 is 2.13 bits per heavy atom. The zero-order chi connectivity index (χ0) is 10.8. The second-order valence-corrected chi connectivity index (χ2v) is 4.18. The van der Waals surface area contributed by atoms with Crippen LogP contribution >= 0.6 is 0 Å². The highest BCUT2D eigenvalue weighted by atomic mass is 15.2. The molecule has 1 aromatic heterocycles. The van der Waals surface area contributed by atoms with E-state index in [2.05, 4.69) is 34.8 Å². The molecule has 0 radical (unpaired) electrons. The van der Waals surface area contributed by atoms with E-state index in [1.54, 1.807) is 12.4 Å². The van der Waals surface area contributed by atoms with Gasteiger partial charge in [0.05, 0.1) is 0 Å². The Kier molecular flexibility index (Phi) is 2.55. The largest absolute Gasteiger partial charge is 0.351 e. The molecule has 1 fully saturated rings. The third kappa shape index (κ3) is 1.78. The van der Waals surface area contributed by atoms with Gasteiger partial charge in [0.25, 0.3) is 0 Å². The Balaban J connectivity index is 2.34. The summed E-state index contributed by atoms with van der Waals surface area (Å²) in [6, 6.07) is 2.54. The maximum Gasteiger partial charge on any atom is 0.183 e. The summed E-state index contributed by atoms with van der Waals surface area (Å²) >= 11 is 0. The fourth-order valence-corrected chi connectivity index (χ4v) is 2.21. The predicted octanol–water partition coefficient (Wildman–Crippen LogP) is 1.58. The Bertz CT molecular complexity index is 396. The van der Waals surface area contributed by atoms with Crippen LogP contribution in [-0.2, 0) is 0 Å². The first kappa shape index (κ1) is 9.91. The van der Waals surface area contributed by atoms with Crippen molar-refractivity contribution in [2.45, 2.75) is 26.3 Å². The summed E-state index contributed by atoms with van der Waals surface area (Å²) in [5.41, 5.74) is 0.429. The zero-order valence-electron chi connectivity index (χ0n) is 9.01. The lowest BCUT2D eigenvalue weighted by Gasteiger charge is -2.22. The normalized spacial score (nSPS) is 25.3. The maximum atomic E-state index is 8.95. The molecule has 1 aliphatic heterocycles. The van der Waals surface area contributed by atoms with E-state index in [0.717, 1.165) is 18.8 Å². The monoisotopic (exact) mass is 202 g/mol. The molecule has 0 bridgehead atoms. The van der Waals surface area contributed by atoms with Crippen LogP contribution in [0, 0.1) is 17.2 Å². The molecule has 1 aliphatic rings. The molecule has 0 amide bonds. The zero-order valence-corrected chi connectivity index (χ0v) is 9.01. The standard InChI is InChI=1S/C11H14N4/c1-8-5-9(2)15(7-8)11-10(6-12)13-3-4-14-11/h3-4,8-9H,5,7H2,1-2H3. The van der Waals surface area contributed by atoms with Gasteiger partial charge in [-0.15, -0.1) is 0 Å². The van der Waals surface area contributed by atoms with Gasteiger partial charge >= 0.3 is 0 Å². The van der Waals surface area contributed by atoms with Gasteiger partial charge in [-0.05, 0) is 19.3 Å². The quantitative estimate of drug-likeness (QED) is 0.693. The van der Waals surface area contributed by atoms with E-state index in [4.69, 9.17) is 5.26 Å². The van der Waals surface area contributed by atoms with Gasteiger partial charge in [0.1, 0.15) is 6.07 Å². The van der Waals surface area contributed by atoms with Gasteiger partial charge in [0.15, 0.2) is 11.5 Å². The molecule has 15 heavy (non-hydrogen) atoms. The molecule has 1 aromatic rings. The van der Waals surface area contributed by atoms with Crippen LogP contribution in [0.25, 0.3) is 0 Å². The molecular formula is C11H14N4. The average Bonchev–Trinajstić information content (AvgIpc) is 2.57. The molecule has 0 N–H and O–H groups in total. The van der Waals surface area contributed by atoms with Gasteiger partial charge in [0, 0.05) is 25.0 Å². The minimum Gasteiger partial charge on any atom is -0.351 e. The first-order valence-corrected chi connectivity index (χ1v) is 5.20. The fourth-order valence-electron chi connectivity index (χ4n) is 2.21. The van der Waals surface area contributed by atoms with Gasteiger partial charge in [-0.1, -0.05) is 6.92 Å². The fraction of sp³-hybridized carbons (Fsp3) is 0.545. The van der Waals surface area contributed by atoms with Gasteiger partial charge < -0.3 is 4.90 Å². The smallest absolute Gasteiger partial charge is 0.183 e. The molecule has 4 heteroatoms. The Labute approximate surface area is 89.6 Å². The van der Waals surface area contributed by atoms with Crippen molar-refractivity contribution in [2.24, 2.45) is 5.92 Å². The maximum absolute atomic E-state index is 8.95. The first-order chi connectivity index (χ1) is 7.22. The SMILES string of the molecule is CC1CC(C)N(c2nccnc2C#N)C1. The molecule has 2 rings (SSSR count). The highest BCUT2D eigenvalue weighted by molar-refractivity contribution is 5.51. The number of nitriles is 1. The molecule has 1 saturated heterocycles. The summed E-state index contributed by atoms with van der Waals surface area (Å²) in [5.74, 6) is 1.39. The van der Waals surface area contributed by atoms with Crippen molar-refractivity contribution in [2.75, 3.05) is 11.4 Å². The van der Waals surface area contributed by atoms with Gasteiger partial charge in [-0.2, -0.15) is 5.26 Å². The molecule has 2 atom stereocenters. The summed E-state index contributed by atoms with van der Waals surface area (Å²) in [6.07, 6.45) is 4.36. The van der Waals surface area contributed by atoms with Gasteiger partial charge in [-0.3, -0.25) is 0 Å². The van der Waals surface area contributed by atoms with Gasteiger partial charge in [0.2, 0.25) is 0 Å². The van der Waals surface area contributed by atoms with Crippen molar-refractivity contribution in [3.8, 4) is 6.07 Å². The van der Waals surface area contributed by atoms with E-state index < -0.39 is 0 Å². The lowest BCUT2D eigenvalue weighted by atomic mass is 10.1. The summed E-state index contributed by atoms with van der Waals surface area (Å²) in [5, 5.41) is 8.95. The van der Waals surface area contributed by atoms with Crippen LogP contribution in [0.2, 0.25) is 0 Å². The summed E-state index contributed by atoms with van der Waals surface area (Å²) in [6.45, 7) is 5.35. The number of nitrogens with zero attached hydrogens (tertiary/aromatic N) is 4. The highest BCUT2D eigenvalue weighted by Crippen LogP contribution is 2.28. The first-order valence-electron chi connectivity index (χ1n) is 5.20. The molecule has 2 heterocycles. The average molecular weight is 202 g/mol. The molecule has 4 nitrogen and oxygen atoms in total. The summed E-state index contributed by atoms with van der Waals surface area (Å²) < 4.78 is 0. The Morgan fingerprint density at radius 3 is 2.73 bits per heavy atom. The molecule has 0 aromatic carbocycles. The van der Waals surface area contributed by atoms with Crippen LogP contribution in [0.4, 0.5) is 5.82 Å². The van der Waals surface area contributed by atoms with E-state index in [1.807, 2.05) is 0 Å². The predicted molar refractivity (Wildman–Crippen MR) is 57.3 cm³/mol. The third-order valence-electron chi connectivity index (χ3n) is 2.84. The number of rotatable bonds is 1. The lowest BCUT2D eigenvalue weighted by molar-refractivity contribution is 0.625. The second-order valence-electron chi connectivity index (χ2n) is 4.18. The minimum atomic E-state index is 0.429. The van der Waals surface area contributed by atoms with Gasteiger partial charge in [-0.25, -0.2) is 9.97 Å². The van der Waals surface area contributed by atoms with Crippen LogP contribution in [0.3, 0.4) is 0 Å². The molecule has 2 unspecified atom stereocenters. The van der Waals surface area contributed by atoms with Crippen LogP contribution in [0.5, 0.6) is 0 Å².